The van der Waals surface area contributed by atoms with E-state index in [1.165, 1.54) is 0 Å². The predicted molar refractivity (Wildman–Crippen MR) is 73.2 cm³/mol. The molecule has 3 aliphatic rings. The molecule has 3 saturated heterocycles. The van der Waals surface area contributed by atoms with Crippen LogP contribution in [0.1, 0.15) is 25.7 Å². The maximum absolute atomic E-state index is 12.4. The second kappa shape index (κ2) is 5.33. The number of carbonyl (C=O) groups is 2. The third-order valence-electron chi connectivity index (χ3n) is 4.86. The fourth-order valence-corrected chi connectivity index (χ4v) is 3.53. The van der Waals surface area contributed by atoms with Gasteiger partial charge in [0.25, 0.3) is 0 Å². The fraction of sp³-hybridized carbons (Fsp3) is 0.857. The average Bonchev–Trinajstić information content (AvgIpc) is 2.95. The van der Waals surface area contributed by atoms with E-state index in [-0.39, 0.29) is 24.5 Å². The molecule has 1 N–H and O–H groups in total. The summed E-state index contributed by atoms with van der Waals surface area (Å²) in [7, 11) is 2.06. The Morgan fingerprint density at radius 3 is 2.75 bits per heavy atom. The van der Waals surface area contributed by atoms with Gasteiger partial charge in [0.2, 0.25) is 11.8 Å². The van der Waals surface area contributed by atoms with Crippen molar-refractivity contribution in [3.05, 3.63) is 0 Å². The lowest BCUT2D eigenvalue weighted by atomic mass is 9.82. The highest BCUT2D eigenvalue weighted by Crippen LogP contribution is 2.32. The third kappa shape index (κ3) is 2.31. The monoisotopic (exact) mass is 281 g/mol. The zero-order valence-electron chi connectivity index (χ0n) is 12.1. The standard InChI is InChI=1S/C14H23N3O3/c1-16-6-4-14(5-7-16)13(19)15-9-12(18)17(14)10-11-3-2-8-20-11/h11H,2-10H2,1H3,(H,15,19). The van der Waals surface area contributed by atoms with E-state index < -0.39 is 5.54 Å². The number of likely N-dealkylation sites (tertiary alicyclic amines) is 1. The van der Waals surface area contributed by atoms with E-state index in [0.29, 0.717) is 19.4 Å². The fourth-order valence-electron chi connectivity index (χ4n) is 3.53. The van der Waals surface area contributed by atoms with Gasteiger partial charge in [0.15, 0.2) is 0 Å². The zero-order valence-corrected chi connectivity index (χ0v) is 12.1. The van der Waals surface area contributed by atoms with Crippen molar-refractivity contribution in [1.29, 1.82) is 0 Å². The minimum absolute atomic E-state index is 0.0168. The molecule has 6 heteroatoms. The Hall–Kier alpha value is -1.14. The summed E-state index contributed by atoms with van der Waals surface area (Å²) in [5.74, 6) is 0.0489. The van der Waals surface area contributed by atoms with Gasteiger partial charge in [-0.2, -0.15) is 0 Å². The lowest BCUT2D eigenvalue weighted by Crippen LogP contribution is -2.70. The quantitative estimate of drug-likeness (QED) is 0.747. The van der Waals surface area contributed by atoms with E-state index in [4.69, 9.17) is 4.74 Å². The molecule has 1 atom stereocenters. The predicted octanol–water partition coefficient (Wildman–Crippen LogP) is -0.412. The van der Waals surface area contributed by atoms with Crippen LogP contribution >= 0.6 is 0 Å². The van der Waals surface area contributed by atoms with Gasteiger partial charge in [-0.25, -0.2) is 0 Å². The lowest BCUT2D eigenvalue weighted by molar-refractivity contribution is -0.159. The lowest BCUT2D eigenvalue weighted by Gasteiger charge is -2.49. The van der Waals surface area contributed by atoms with E-state index >= 15 is 0 Å². The molecule has 0 saturated carbocycles. The largest absolute Gasteiger partial charge is 0.376 e. The number of piperidine rings is 1. The molecule has 112 valence electrons. The smallest absolute Gasteiger partial charge is 0.246 e. The molecule has 0 aliphatic carbocycles. The Morgan fingerprint density at radius 2 is 2.10 bits per heavy atom. The molecule has 3 rings (SSSR count). The molecular weight excluding hydrogens is 258 g/mol. The van der Waals surface area contributed by atoms with Crippen LogP contribution in [0.3, 0.4) is 0 Å². The molecule has 0 aromatic carbocycles. The normalized spacial score (nSPS) is 30.9. The van der Waals surface area contributed by atoms with Crippen molar-refractivity contribution in [2.75, 3.05) is 39.8 Å². The van der Waals surface area contributed by atoms with Gasteiger partial charge >= 0.3 is 0 Å². The Labute approximate surface area is 119 Å². The van der Waals surface area contributed by atoms with Crippen LogP contribution in [0.25, 0.3) is 0 Å². The van der Waals surface area contributed by atoms with Crippen molar-refractivity contribution in [2.45, 2.75) is 37.3 Å². The highest BCUT2D eigenvalue weighted by molar-refractivity contribution is 5.98. The van der Waals surface area contributed by atoms with E-state index in [1.807, 2.05) is 4.90 Å². The second-order valence-corrected chi connectivity index (χ2v) is 6.16. The molecule has 0 aromatic heterocycles. The van der Waals surface area contributed by atoms with Crippen molar-refractivity contribution in [2.24, 2.45) is 0 Å². The number of rotatable bonds is 2. The van der Waals surface area contributed by atoms with Gasteiger partial charge in [0.1, 0.15) is 5.54 Å². The minimum Gasteiger partial charge on any atom is -0.376 e. The topological polar surface area (TPSA) is 61.9 Å². The Kier molecular flexibility index (Phi) is 3.69. The van der Waals surface area contributed by atoms with E-state index in [1.54, 1.807) is 0 Å². The van der Waals surface area contributed by atoms with Crippen LogP contribution in [0.2, 0.25) is 0 Å². The number of hydrogen-bond donors (Lipinski definition) is 1. The van der Waals surface area contributed by atoms with Crippen LogP contribution in [-0.2, 0) is 14.3 Å². The third-order valence-corrected chi connectivity index (χ3v) is 4.86. The first-order chi connectivity index (χ1) is 9.62. The van der Waals surface area contributed by atoms with Gasteiger partial charge in [-0.1, -0.05) is 0 Å². The highest BCUT2D eigenvalue weighted by Gasteiger charge is 2.51. The molecular formula is C14H23N3O3. The van der Waals surface area contributed by atoms with Gasteiger partial charge in [0, 0.05) is 26.2 Å². The molecule has 20 heavy (non-hydrogen) atoms. The maximum Gasteiger partial charge on any atom is 0.246 e. The number of hydrogen-bond acceptors (Lipinski definition) is 4. The summed E-state index contributed by atoms with van der Waals surface area (Å²) in [6.45, 7) is 3.17. The number of nitrogens with one attached hydrogen (secondary N) is 1. The van der Waals surface area contributed by atoms with Gasteiger partial charge < -0.3 is 19.9 Å². The summed E-state index contributed by atoms with van der Waals surface area (Å²) >= 11 is 0. The molecule has 6 nitrogen and oxygen atoms in total. The number of ether oxygens (including phenoxy) is 1. The van der Waals surface area contributed by atoms with Crippen LogP contribution in [0.5, 0.6) is 0 Å². The van der Waals surface area contributed by atoms with Crippen molar-refractivity contribution in [3.8, 4) is 0 Å². The Bertz CT molecular complexity index is 398. The number of amides is 2. The number of piperazine rings is 1. The summed E-state index contributed by atoms with van der Waals surface area (Å²) in [5, 5.41) is 2.77. The maximum atomic E-state index is 12.4. The van der Waals surface area contributed by atoms with Gasteiger partial charge in [-0.15, -0.1) is 0 Å². The molecule has 2 amide bonds. The summed E-state index contributed by atoms with van der Waals surface area (Å²) in [6.07, 6.45) is 3.57. The van der Waals surface area contributed by atoms with Gasteiger partial charge in [-0.05, 0) is 32.7 Å². The molecule has 3 heterocycles. The first kappa shape index (κ1) is 13.8. The average molecular weight is 281 g/mol. The van der Waals surface area contributed by atoms with E-state index in [9.17, 15) is 9.59 Å². The van der Waals surface area contributed by atoms with Crippen molar-refractivity contribution in [3.63, 3.8) is 0 Å². The van der Waals surface area contributed by atoms with Crippen molar-refractivity contribution in [1.82, 2.24) is 15.1 Å². The Balaban J connectivity index is 1.81. The molecule has 3 aliphatic heterocycles. The van der Waals surface area contributed by atoms with Crippen LogP contribution in [0, 0.1) is 0 Å². The Morgan fingerprint density at radius 1 is 1.35 bits per heavy atom. The van der Waals surface area contributed by atoms with Crippen LogP contribution < -0.4 is 5.32 Å². The molecule has 0 aromatic rings. The molecule has 0 bridgehead atoms. The minimum atomic E-state index is -0.645. The van der Waals surface area contributed by atoms with Crippen molar-refractivity contribution < 1.29 is 14.3 Å². The van der Waals surface area contributed by atoms with Gasteiger partial charge in [0.05, 0.1) is 12.6 Å². The zero-order chi connectivity index (χ0) is 14.2. The second-order valence-electron chi connectivity index (χ2n) is 6.16. The molecule has 1 spiro atoms. The highest BCUT2D eigenvalue weighted by atomic mass is 16.5. The summed E-state index contributed by atoms with van der Waals surface area (Å²) in [6, 6.07) is 0. The van der Waals surface area contributed by atoms with Crippen LogP contribution in [0.4, 0.5) is 0 Å². The summed E-state index contributed by atoms with van der Waals surface area (Å²) in [4.78, 5) is 28.8. The van der Waals surface area contributed by atoms with Crippen LogP contribution in [-0.4, -0.2) is 73.1 Å². The summed E-state index contributed by atoms with van der Waals surface area (Å²) < 4.78 is 5.66. The van der Waals surface area contributed by atoms with E-state index in [0.717, 1.165) is 32.5 Å². The molecule has 1 unspecified atom stereocenters. The number of carbonyl (C=O) groups excluding carboxylic acids is 2. The first-order valence-corrected chi connectivity index (χ1v) is 7.51. The van der Waals surface area contributed by atoms with Crippen LogP contribution in [0.15, 0.2) is 0 Å². The van der Waals surface area contributed by atoms with E-state index in [2.05, 4.69) is 17.3 Å². The number of nitrogens with zero attached hydrogens (tertiary/aromatic N) is 2. The van der Waals surface area contributed by atoms with Gasteiger partial charge in [-0.3, -0.25) is 9.59 Å². The molecule has 0 radical (unpaired) electrons. The molecule has 3 fully saturated rings. The first-order valence-electron chi connectivity index (χ1n) is 7.51. The summed E-state index contributed by atoms with van der Waals surface area (Å²) in [5.41, 5.74) is -0.645. The van der Waals surface area contributed by atoms with Crippen molar-refractivity contribution >= 4 is 11.8 Å². The SMILES string of the molecule is CN1CCC2(CC1)C(=O)NCC(=O)N2CC1CCCO1.